The first-order valence-electron chi connectivity index (χ1n) is 6.57. The second-order valence-electron chi connectivity index (χ2n) is 4.83. The molecule has 0 aliphatic carbocycles. The zero-order valence-corrected chi connectivity index (χ0v) is 13.1. The zero-order valence-electron chi connectivity index (χ0n) is 11.5. The van der Waals surface area contributed by atoms with E-state index in [0.29, 0.717) is 13.3 Å². The van der Waals surface area contributed by atoms with Crippen molar-refractivity contribution >= 4 is 27.5 Å². The van der Waals surface area contributed by atoms with Crippen LogP contribution in [-0.4, -0.2) is 50.4 Å². The fraction of sp³-hybridized carbons (Fsp3) is 0.500. The number of carbonyl (C=O) groups excluding carboxylic acids is 1. The lowest BCUT2D eigenvalue weighted by Crippen LogP contribution is -2.39. The summed E-state index contributed by atoms with van der Waals surface area (Å²) in [5.74, 6) is -0.0357. The van der Waals surface area contributed by atoms with Gasteiger partial charge >= 0.3 is 0 Å². The van der Waals surface area contributed by atoms with Crippen LogP contribution in [0.25, 0.3) is 0 Å². The van der Waals surface area contributed by atoms with Gasteiger partial charge < -0.3 is 14.8 Å². The average Bonchev–Trinajstić information content (AvgIpc) is 2.42. The molecule has 0 spiro atoms. The number of likely N-dealkylation sites (N-methyl/N-ethyl adjacent to an activating group) is 1. The third-order valence-corrected chi connectivity index (χ3v) is 3.74. The van der Waals surface area contributed by atoms with E-state index in [2.05, 4.69) is 21.2 Å². The molecular formula is C14H19BrN2O3. The molecule has 6 heteroatoms. The van der Waals surface area contributed by atoms with E-state index in [-0.39, 0.29) is 12.0 Å². The normalized spacial score (nSPS) is 19.1. The first-order valence-corrected chi connectivity index (χ1v) is 7.36. The number of hydrogen-bond acceptors (Lipinski definition) is 4. The summed E-state index contributed by atoms with van der Waals surface area (Å²) in [4.78, 5) is 13.9. The molecular weight excluding hydrogens is 324 g/mol. The molecule has 1 N–H and O–H groups in total. The van der Waals surface area contributed by atoms with Gasteiger partial charge in [0.15, 0.2) is 0 Å². The molecule has 1 fully saturated rings. The maximum absolute atomic E-state index is 12.0. The summed E-state index contributed by atoms with van der Waals surface area (Å²) in [5, 5.41) is 2.89. The second-order valence-corrected chi connectivity index (χ2v) is 5.68. The molecule has 110 valence electrons. The van der Waals surface area contributed by atoms with Crippen molar-refractivity contribution < 1.29 is 14.3 Å². The third-order valence-electron chi connectivity index (χ3n) is 3.05. The van der Waals surface area contributed by atoms with Gasteiger partial charge in [0, 0.05) is 11.0 Å². The molecule has 0 bridgehead atoms. The number of halogens is 1. The van der Waals surface area contributed by atoms with Crippen molar-refractivity contribution in [1.29, 1.82) is 0 Å². The van der Waals surface area contributed by atoms with Gasteiger partial charge in [0.05, 0.1) is 24.9 Å². The molecule has 0 radical (unpaired) electrons. The molecule has 1 saturated heterocycles. The lowest BCUT2D eigenvalue weighted by Gasteiger charge is -2.27. The molecule has 1 amide bonds. The van der Waals surface area contributed by atoms with Gasteiger partial charge in [0.25, 0.3) is 0 Å². The van der Waals surface area contributed by atoms with Crippen LogP contribution >= 0.6 is 15.9 Å². The molecule has 5 nitrogen and oxygen atoms in total. The van der Waals surface area contributed by atoms with Gasteiger partial charge in [0.2, 0.25) is 5.91 Å². The summed E-state index contributed by atoms with van der Waals surface area (Å²) >= 11 is 3.41. The van der Waals surface area contributed by atoms with Crippen LogP contribution in [0.2, 0.25) is 0 Å². The van der Waals surface area contributed by atoms with E-state index in [0.717, 1.165) is 29.7 Å². The number of benzene rings is 1. The summed E-state index contributed by atoms with van der Waals surface area (Å²) in [6, 6.07) is 7.56. The first kappa shape index (κ1) is 15.4. The van der Waals surface area contributed by atoms with Crippen LogP contribution in [0.4, 0.5) is 5.69 Å². The van der Waals surface area contributed by atoms with Crippen molar-refractivity contribution in [1.82, 2.24) is 4.90 Å². The standard InChI is InChI=1S/C14H19BrN2O3/c1-17(8-11-6-7-19-10-20-11)9-14(18)16-13-5-3-2-4-12(13)15/h2-5,11H,6-10H2,1H3,(H,16,18)/t11-/m1/s1. The zero-order chi connectivity index (χ0) is 14.4. The minimum absolute atomic E-state index is 0.0357. The summed E-state index contributed by atoms with van der Waals surface area (Å²) < 4.78 is 11.5. The number of amides is 1. The molecule has 1 aromatic carbocycles. The molecule has 0 unspecified atom stereocenters. The number of ether oxygens (including phenoxy) is 2. The maximum Gasteiger partial charge on any atom is 0.238 e. The van der Waals surface area contributed by atoms with Gasteiger partial charge in [-0.25, -0.2) is 0 Å². The summed E-state index contributed by atoms with van der Waals surface area (Å²) in [6.45, 7) is 2.14. The monoisotopic (exact) mass is 342 g/mol. The van der Waals surface area contributed by atoms with Gasteiger partial charge in [-0.3, -0.25) is 9.69 Å². The Morgan fingerprint density at radius 3 is 3.00 bits per heavy atom. The first-order chi connectivity index (χ1) is 9.65. The van der Waals surface area contributed by atoms with Crippen molar-refractivity contribution in [2.24, 2.45) is 0 Å². The third kappa shape index (κ3) is 4.86. The fourth-order valence-electron chi connectivity index (χ4n) is 2.06. The molecule has 0 aromatic heterocycles. The molecule has 1 atom stereocenters. The molecule has 1 heterocycles. The number of anilines is 1. The van der Waals surface area contributed by atoms with Crippen LogP contribution in [0.5, 0.6) is 0 Å². The topological polar surface area (TPSA) is 50.8 Å². The van der Waals surface area contributed by atoms with Crippen LogP contribution in [0.15, 0.2) is 28.7 Å². The van der Waals surface area contributed by atoms with Crippen molar-refractivity contribution in [2.45, 2.75) is 12.5 Å². The molecule has 1 aromatic rings. The molecule has 2 rings (SSSR count). The van der Waals surface area contributed by atoms with E-state index >= 15 is 0 Å². The Balaban J connectivity index is 1.77. The van der Waals surface area contributed by atoms with Gasteiger partial charge in [-0.15, -0.1) is 0 Å². The van der Waals surface area contributed by atoms with E-state index in [1.54, 1.807) is 0 Å². The SMILES string of the molecule is CN(CC(=O)Nc1ccccc1Br)C[C@H]1CCOCO1. The Morgan fingerprint density at radius 1 is 1.50 bits per heavy atom. The largest absolute Gasteiger partial charge is 0.355 e. The highest BCUT2D eigenvalue weighted by Crippen LogP contribution is 2.21. The van der Waals surface area contributed by atoms with Gasteiger partial charge in [0.1, 0.15) is 6.79 Å². The average molecular weight is 343 g/mol. The number of para-hydroxylation sites is 1. The van der Waals surface area contributed by atoms with E-state index in [1.807, 2.05) is 36.2 Å². The fourth-order valence-corrected chi connectivity index (χ4v) is 2.44. The lowest BCUT2D eigenvalue weighted by atomic mass is 10.2. The highest BCUT2D eigenvalue weighted by atomic mass is 79.9. The highest BCUT2D eigenvalue weighted by Gasteiger charge is 2.17. The number of nitrogens with one attached hydrogen (secondary N) is 1. The van der Waals surface area contributed by atoms with Crippen molar-refractivity contribution in [3.05, 3.63) is 28.7 Å². The number of carbonyl (C=O) groups is 1. The van der Waals surface area contributed by atoms with Crippen LogP contribution in [-0.2, 0) is 14.3 Å². The lowest BCUT2D eigenvalue weighted by molar-refractivity contribution is -0.144. The van der Waals surface area contributed by atoms with Crippen molar-refractivity contribution in [3.8, 4) is 0 Å². The Bertz CT molecular complexity index is 450. The number of rotatable bonds is 5. The Hall–Kier alpha value is -0.950. The van der Waals surface area contributed by atoms with Crippen LogP contribution in [0, 0.1) is 0 Å². The Morgan fingerprint density at radius 2 is 2.30 bits per heavy atom. The van der Waals surface area contributed by atoms with Gasteiger partial charge in [-0.1, -0.05) is 12.1 Å². The minimum atomic E-state index is -0.0357. The highest BCUT2D eigenvalue weighted by molar-refractivity contribution is 9.10. The van der Waals surface area contributed by atoms with Gasteiger partial charge in [-0.05, 0) is 41.5 Å². The Labute approximate surface area is 127 Å². The van der Waals surface area contributed by atoms with Crippen LogP contribution in [0.3, 0.4) is 0 Å². The van der Waals surface area contributed by atoms with E-state index < -0.39 is 0 Å². The predicted octanol–water partition coefficient (Wildman–Crippen LogP) is 2.08. The molecule has 1 aliphatic heterocycles. The van der Waals surface area contributed by atoms with Crippen molar-refractivity contribution in [2.75, 3.05) is 38.9 Å². The molecule has 0 saturated carbocycles. The van der Waals surface area contributed by atoms with E-state index in [9.17, 15) is 4.79 Å². The maximum atomic E-state index is 12.0. The Kier molecular flexibility index (Phi) is 5.97. The summed E-state index contributed by atoms with van der Waals surface area (Å²) in [6.07, 6.45) is 1.01. The summed E-state index contributed by atoms with van der Waals surface area (Å²) in [7, 11) is 1.92. The minimum Gasteiger partial charge on any atom is -0.355 e. The van der Waals surface area contributed by atoms with Crippen molar-refractivity contribution in [3.63, 3.8) is 0 Å². The predicted molar refractivity (Wildman–Crippen MR) is 80.6 cm³/mol. The summed E-state index contributed by atoms with van der Waals surface area (Å²) in [5.41, 5.74) is 0.785. The molecule has 20 heavy (non-hydrogen) atoms. The smallest absolute Gasteiger partial charge is 0.238 e. The van der Waals surface area contributed by atoms with Crippen LogP contribution < -0.4 is 5.32 Å². The number of nitrogens with zero attached hydrogens (tertiary/aromatic N) is 1. The second kappa shape index (κ2) is 7.73. The van der Waals surface area contributed by atoms with E-state index in [1.165, 1.54) is 0 Å². The van der Waals surface area contributed by atoms with Gasteiger partial charge in [-0.2, -0.15) is 0 Å². The number of hydrogen-bond donors (Lipinski definition) is 1. The van der Waals surface area contributed by atoms with E-state index in [4.69, 9.17) is 9.47 Å². The van der Waals surface area contributed by atoms with Crippen LogP contribution in [0.1, 0.15) is 6.42 Å². The quantitative estimate of drug-likeness (QED) is 0.890. The molecule has 1 aliphatic rings.